The maximum atomic E-state index is 11.8. The molecule has 0 spiro atoms. The van der Waals surface area contributed by atoms with Gasteiger partial charge in [-0.15, -0.1) is 0 Å². The van der Waals surface area contributed by atoms with Crippen LogP contribution in [-0.2, 0) is 11.3 Å². The van der Waals surface area contributed by atoms with E-state index in [0.29, 0.717) is 26.2 Å². The highest BCUT2D eigenvalue weighted by molar-refractivity contribution is 5.84. The molecule has 8 nitrogen and oxygen atoms in total. The van der Waals surface area contributed by atoms with Crippen molar-refractivity contribution >= 4 is 12.0 Å². The normalized spacial score (nSPS) is 10.7. The molecule has 0 bridgehead atoms. The molecule has 0 radical (unpaired) electrons. The molecule has 2 amide bonds. The van der Waals surface area contributed by atoms with Crippen molar-refractivity contribution in [3.63, 3.8) is 0 Å². The van der Waals surface area contributed by atoms with Gasteiger partial charge in [0.15, 0.2) is 5.69 Å². The fourth-order valence-corrected chi connectivity index (χ4v) is 1.55. The Morgan fingerprint density at radius 1 is 1.52 bits per heavy atom. The SMILES string of the molecule is CC(C)OCCN(C)C(=O)NCCn1cnc(C(=O)O)c1. The zero-order valence-electron chi connectivity index (χ0n) is 12.6. The molecule has 1 aromatic heterocycles. The predicted molar refractivity (Wildman–Crippen MR) is 76.3 cm³/mol. The second-order valence-corrected chi connectivity index (χ2v) is 4.87. The molecule has 1 rings (SSSR count). The number of nitrogens with one attached hydrogen (secondary N) is 1. The van der Waals surface area contributed by atoms with E-state index in [-0.39, 0.29) is 17.8 Å². The third kappa shape index (κ3) is 6.26. The quantitative estimate of drug-likeness (QED) is 0.734. The number of aromatic nitrogens is 2. The molecule has 0 atom stereocenters. The van der Waals surface area contributed by atoms with Gasteiger partial charge in [-0.05, 0) is 13.8 Å². The van der Waals surface area contributed by atoms with Crippen molar-refractivity contribution in [1.29, 1.82) is 0 Å². The maximum absolute atomic E-state index is 11.8. The van der Waals surface area contributed by atoms with E-state index in [9.17, 15) is 9.59 Å². The van der Waals surface area contributed by atoms with E-state index in [4.69, 9.17) is 9.84 Å². The number of aromatic carboxylic acids is 1. The lowest BCUT2D eigenvalue weighted by molar-refractivity contribution is 0.0680. The van der Waals surface area contributed by atoms with Crippen LogP contribution in [0.1, 0.15) is 24.3 Å². The van der Waals surface area contributed by atoms with E-state index in [1.54, 1.807) is 16.5 Å². The summed E-state index contributed by atoms with van der Waals surface area (Å²) in [6.07, 6.45) is 3.00. The van der Waals surface area contributed by atoms with Crippen molar-refractivity contribution in [2.24, 2.45) is 0 Å². The first-order valence-corrected chi connectivity index (χ1v) is 6.75. The third-order valence-corrected chi connectivity index (χ3v) is 2.72. The third-order valence-electron chi connectivity index (χ3n) is 2.72. The minimum Gasteiger partial charge on any atom is -0.476 e. The molecular formula is C13H22N4O4. The van der Waals surface area contributed by atoms with Crippen LogP contribution < -0.4 is 5.32 Å². The summed E-state index contributed by atoms with van der Waals surface area (Å²) in [5, 5.41) is 11.5. The van der Waals surface area contributed by atoms with Crippen LogP contribution >= 0.6 is 0 Å². The Labute approximate surface area is 123 Å². The Hall–Kier alpha value is -2.09. The van der Waals surface area contributed by atoms with E-state index in [1.165, 1.54) is 12.5 Å². The predicted octanol–water partition coefficient (Wildman–Crippen LogP) is 0.648. The lowest BCUT2D eigenvalue weighted by Crippen LogP contribution is -2.40. The minimum absolute atomic E-state index is 0.00993. The number of hydrogen-bond donors (Lipinski definition) is 2. The first-order valence-electron chi connectivity index (χ1n) is 6.75. The van der Waals surface area contributed by atoms with Crippen LogP contribution in [0.25, 0.3) is 0 Å². The number of likely N-dealkylation sites (N-methyl/N-ethyl adjacent to an activating group) is 1. The van der Waals surface area contributed by atoms with Crippen LogP contribution in [0.15, 0.2) is 12.5 Å². The molecule has 2 N–H and O–H groups in total. The summed E-state index contributed by atoms with van der Waals surface area (Å²) in [6, 6.07) is -0.194. The molecule has 1 heterocycles. The van der Waals surface area contributed by atoms with Crippen molar-refractivity contribution in [2.75, 3.05) is 26.7 Å². The minimum atomic E-state index is -1.07. The Morgan fingerprint density at radius 2 is 2.24 bits per heavy atom. The van der Waals surface area contributed by atoms with Crippen LogP contribution in [0.3, 0.4) is 0 Å². The van der Waals surface area contributed by atoms with Crippen LogP contribution in [0.2, 0.25) is 0 Å². The number of ether oxygens (including phenoxy) is 1. The smallest absolute Gasteiger partial charge is 0.356 e. The lowest BCUT2D eigenvalue weighted by atomic mass is 10.5. The van der Waals surface area contributed by atoms with Gasteiger partial charge in [0.05, 0.1) is 19.0 Å². The molecule has 0 aliphatic heterocycles. The van der Waals surface area contributed by atoms with Gasteiger partial charge in [0, 0.05) is 32.9 Å². The molecule has 1 aromatic rings. The van der Waals surface area contributed by atoms with Crippen LogP contribution in [-0.4, -0.2) is 64.4 Å². The molecule has 0 saturated heterocycles. The Bertz CT molecular complexity index is 472. The van der Waals surface area contributed by atoms with E-state index < -0.39 is 5.97 Å². The van der Waals surface area contributed by atoms with Crippen molar-refractivity contribution < 1.29 is 19.4 Å². The summed E-state index contributed by atoms with van der Waals surface area (Å²) in [5.74, 6) is -1.07. The first-order chi connectivity index (χ1) is 9.90. The number of hydrogen-bond acceptors (Lipinski definition) is 4. The number of carboxylic acids is 1. The summed E-state index contributed by atoms with van der Waals surface area (Å²) in [7, 11) is 1.69. The van der Waals surface area contributed by atoms with Crippen molar-refractivity contribution in [3.8, 4) is 0 Å². The Balaban J connectivity index is 2.24. The van der Waals surface area contributed by atoms with Gasteiger partial charge in [-0.2, -0.15) is 0 Å². The Kier molecular flexibility index (Phi) is 6.67. The van der Waals surface area contributed by atoms with Crippen LogP contribution in [0.4, 0.5) is 4.79 Å². The summed E-state index contributed by atoms with van der Waals surface area (Å²) >= 11 is 0. The van der Waals surface area contributed by atoms with E-state index in [2.05, 4.69) is 10.3 Å². The highest BCUT2D eigenvalue weighted by Crippen LogP contribution is 1.95. The van der Waals surface area contributed by atoms with Gasteiger partial charge in [-0.3, -0.25) is 0 Å². The summed E-state index contributed by atoms with van der Waals surface area (Å²) in [4.78, 5) is 27.7. The van der Waals surface area contributed by atoms with Crippen LogP contribution in [0.5, 0.6) is 0 Å². The molecule has 0 aliphatic rings. The molecule has 0 fully saturated rings. The fourth-order valence-electron chi connectivity index (χ4n) is 1.55. The summed E-state index contributed by atoms with van der Waals surface area (Å²) in [5.41, 5.74) is -0.00993. The van der Waals surface area contributed by atoms with Gasteiger partial charge < -0.3 is 24.6 Å². The van der Waals surface area contributed by atoms with Gasteiger partial charge in [0.2, 0.25) is 0 Å². The zero-order valence-corrected chi connectivity index (χ0v) is 12.6. The number of rotatable bonds is 8. The maximum Gasteiger partial charge on any atom is 0.356 e. The number of carboxylic acid groups (broad SMARTS) is 1. The number of imidazole rings is 1. The molecule has 0 unspecified atom stereocenters. The van der Waals surface area contributed by atoms with Gasteiger partial charge >= 0.3 is 12.0 Å². The van der Waals surface area contributed by atoms with Gasteiger partial charge in [-0.25, -0.2) is 14.6 Å². The molecule has 118 valence electrons. The van der Waals surface area contributed by atoms with Crippen molar-refractivity contribution in [1.82, 2.24) is 19.8 Å². The van der Waals surface area contributed by atoms with Crippen molar-refractivity contribution in [2.45, 2.75) is 26.5 Å². The number of carbonyl (C=O) groups excluding carboxylic acids is 1. The monoisotopic (exact) mass is 298 g/mol. The highest BCUT2D eigenvalue weighted by atomic mass is 16.5. The number of carbonyl (C=O) groups is 2. The number of amides is 2. The average molecular weight is 298 g/mol. The topological polar surface area (TPSA) is 96.7 Å². The van der Waals surface area contributed by atoms with Crippen LogP contribution in [0, 0.1) is 0 Å². The van der Waals surface area contributed by atoms with E-state index in [0.717, 1.165) is 0 Å². The van der Waals surface area contributed by atoms with Gasteiger partial charge in [-0.1, -0.05) is 0 Å². The Morgan fingerprint density at radius 3 is 2.81 bits per heavy atom. The zero-order chi connectivity index (χ0) is 15.8. The largest absolute Gasteiger partial charge is 0.476 e. The average Bonchev–Trinajstić information content (AvgIpc) is 2.87. The lowest BCUT2D eigenvalue weighted by Gasteiger charge is -2.18. The summed E-state index contributed by atoms with van der Waals surface area (Å²) < 4.78 is 6.99. The molecule has 0 aliphatic carbocycles. The molecular weight excluding hydrogens is 276 g/mol. The van der Waals surface area contributed by atoms with Crippen molar-refractivity contribution in [3.05, 3.63) is 18.2 Å². The van der Waals surface area contributed by atoms with Gasteiger partial charge in [0.1, 0.15) is 0 Å². The van der Waals surface area contributed by atoms with Gasteiger partial charge in [0.25, 0.3) is 0 Å². The standard InChI is InChI=1S/C13H22N4O4/c1-10(2)21-7-6-16(3)13(20)14-4-5-17-8-11(12(18)19)15-9-17/h8-10H,4-7H2,1-3H3,(H,14,20)(H,18,19). The second kappa shape index (κ2) is 8.25. The summed E-state index contributed by atoms with van der Waals surface area (Å²) in [6.45, 7) is 5.74. The molecule has 0 aromatic carbocycles. The molecule has 0 saturated carbocycles. The molecule has 21 heavy (non-hydrogen) atoms. The fraction of sp³-hybridized carbons (Fsp3) is 0.615. The first kappa shape index (κ1) is 17.0. The number of urea groups is 1. The number of nitrogens with zero attached hydrogens (tertiary/aromatic N) is 3. The van der Waals surface area contributed by atoms with E-state index in [1.807, 2.05) is 13.8 Å². The molecule has 8 heteroatoms. The second-order valence-electron chi connectivity index (χ2n) is 4.87. The highest BCUT2D eigenvalue weighted by Gasteiger charge is 2.09. The van der Waals surface area contributed by atoms with E-state index >= 15 is 0 Å².